The van der Waals surface area contributed by atoms with E-state index in [4.69, 9.17) is 0 Å². The Bertz CT molecular complexity index is 427. The molecule has 1 saturated carbocycles. The third kappa shape index (κ3) is 2.57. The van der Waals surface area contributed by atoms with Crippen molar-refractivity contribution in [1.29, 1.82) is 0 Å². The van der Waals surface area contributed by atoms with Gasteiger partial charge >= 0.3 is 0 Å². The summed E-state index contributed by atoms with van der Waals surface area (Å²) < 4.78 is 1.69. The van der Waals surface area contributed by atoms with Crippen LogP contribution in [0.5, 0.6) is 0 Å². The lowest BCUT2D eigenvalue weighted by atomic mass is 9.76. The summed E-state index contributed by atoms with van der Waals surface area (Å²) in [6.45, 7) is 4.35. The number of aromatic nitrogens is 2. The standard InChI is InChI=1S/C13H20N2O2/c1-9(2)11-4-3-10(16)7-12(11)15-8-14-6-5-13(15)17/h5-6,8-12,16H,3-4,7H2,1-2H3. The van der Waals surface area contributed by atoms with E-state index in [0.717, 1.165) is 12.8 Å². The van der Waals surface area contributed by atoms with Crippen LogP contribution in [0.4, 0.5) is 0 Å². The van der Waals surface area contributed by atoms with Gasteiger partial charge in [-0.15, -0.1) is 0 Å². The first-order valence-electron chi connectivity index (χ1n) is 6.30. The first-order chi connectivity index (χ1) is 8.09. The monoisotopic (exact) mass is 236 g/mol. The molecule has 2 rings (SSSR count). The second-order valence-electron chi connectivity index (χ2n) is 5.27. The van der Waals surface area contributed by atoms with E-state index in [1.165, 1.54) is 12.3 Å². The van der Waals surface area contributed by atoms with E-state index in [1.54, 1.807) is 10.9 Å². The Labute approximate surface area is 101 Å². The normalized spacial score (nSPS) is 29.5. The Morgan fingerprint density at radius 2 is 2.24 bits per heavy atom. The molecule has 1 fully saturated rings. The lowest BCUT2D eigenvalue weighted by Crippen LogP contribution is -2.37. The molecule has 94 valence electrons. The summed E-state index contributed by atoms with van der Waals surface area (Å²) in [4.78, 5) is 15.9. The summed E-state index contributed by atoms with van der Waals surface area (Å²) in [5, 5.41) is 9.80. The molecule has 1 aliphatic carbocycles. The molecule has 0 aliphatic heterocycles. The van der Waals surface area contributed by atoms with Gasteiger partial charge in [0, 0.05) is 18.3 Å². The van der Waals surface area contributed by atoms with Gasteiger partial charge < -0.3 is 5.11 Å². The van der Waals surface area contributed by atoms with Gasteiger partial charge in [0.2, 0.25) is 0 Å². The fourth-order valence-corrected chi connectivity index (χ4v) is 2.86. The second kappa shape index (κ2) is 5.00. The van der Waals surface area contributed by atoms with Crippen LogP contribution in [0, 0.1) is 11.8 Å². The van der Waals surface area contributed by atoms with Gasteiger partial charge in [0.05, 0.1) is 12.4 Å². The van der Waals surface area contributed by atoms with Gasteiger partial charge in [0.15, 0.2) is 0 Å². The summed E-state index contributed by atoms with van der Waals surface area (Å²) in [6.07, 6.45) is 5.30. The van der Waals surface area contributed by atoms with Gasteiger partial charge in [0.1, 0.15) is 0 Å². The average molecular weight is 236 g/mol. The summed E-state index contributed by atoms with van der Waals surface area (Å²) in [5.41, 5.74) is -0.0234. The van der Waals surface area contributed by atoms with Crippen molar-refractivity contribution in [2.24, 2.45) is 11.8 Å². The largest absolute Gasteiger partial charge is 0.393 e. The zero-order valence-electron chi connectivity index (χ0n) is 10.4. The maximum absolute atomic E-state index is 11.8. The molecule has 1 heterocycles. The lowest BCUT2D eigenvalue weighted by Gasteiger charge is -2.37. The van der Waals surface area contributed by atoms with Crippen LogP contribution < -0.4 is 5.56 Å². The fraction of sp³-hybridized carbons (Fsp3) is 0.692. The zero-order chi connectivity index (χ0) is 12.4. The number of aliphatic hydroxyl groups excluding tert-OH is 1. The Morgan fingerprint density at radius 3 is 2.88 bits per heavy atom. The highest BCUT2D eigenvalue weighted by molar-refractivity contribution is 4.91. The quantitative estimate of drug-likeness (QED) is 0.848. The molecule has 1 N–H and O–H groups in total. The Balaban J connectivity index is 2.32. The molecular formula is C13H20N2O2. The number of hydrogen-bond donors (Lipinski definition) is 1. The van der Waals surface area contributed by atoms with Crippen molar-refractivity contribution >= 4 is 0 Å². The summed E-state index contributed by atoms with van der Waals surface area (Å²) in [6, 6.07) is 1.57. The van der Waals surface area contributed by atoms with Crippen LogP contribution in [-0.2, 0) is 0 Å². The van der Waals surface area contributed by atoms with E-state index >= 15 is 0 Å². The van der Waals surface area contributed by atoms with E-state index in [-0.39, 0.29) is 17.7 Å². The molecule has 1 aromatic rings. The van der Waals surface area contributed by atoms with Crippen molar-refractivity contribution in [3.8, 4) is 0 Å². The molecular weight excluding hydrogens is 216 g/mol. The molecule has 4 nitrogen and oxygen atoms in total. The molecule has 17 heavy (non-hydrogen) atoms. The van der Waals surface area contributed by atoms with Gasteiger partial charge in [-0.1, -0.05) is 13.8 Å². The molecule has 0 amide bonds. The predicted molar refractivity (Wildman–Crippen MR) is 65.7 cm³/mol. The van der Waals surface area contributed by atoms with Gasteiger partial charge in [-0.05, 0) is 31.1 Å². The van der Waals surface area contributed by atoms with Crippen molar-refractivity contribution in [3.63, 3.8) is 0 Å². The lowest BCUT2D eigenvalue weighted by molar-refractivity contribution is 0.0551. The molecule has 3 unspecified atom stereocenters. The van der Waals surface area contributed by atoms with Gasteiger partial charge in [-0.3, -0.25) is 9.36 Å². The third-order valence-electron chi connectivity index (χ3n) is 3.80. The van der Waals surface area contributed by atoms with E-state index in [1.807, 2.05) is 0 Å². The molecule has 4 heteroatoms. The topological polar surface area (TPSA) is 55.1 Å². The SMILES string of the molecule is CC(C)C1CCC(O)CC1n1cnccc1=O. The van der Waals surface area contributed by atoms with Crippen molar-refractivity contribution in [2.45, 2.75) is 45.3 Å². The summed E-state index contributed by atoms with van der Waals surface area (Å²) in [7, 11) is 0. The minimum absolute atomic E-state index is 0.0234. The fourth-order valence-electron chi connectivity index (χ4n) is 2.86. The van der Waals surface area contributed by atoms with Crippen molar-refractivity contribution in [2.75, 3.05) is 0 Å². The second-order valence-corrected chi connectivity index (χ2v) is 5.27. The van der Waals surface area contributed by atoms with Crippen LogP contribution in [0.15, 0.2) is 23.4 Å². The first-order valence-corrected chi connectivity index (χ1v) is 6.30. The molecule has 0 spiro atoms. The first kappa shape index (κ1) is 12.3. The van der Waals surface area contributed by atoms with E-state index in [0.29, 0.717) is 18.3 Å². The van der Waals surface area contributed by atoms with E-state index in [2.05, 4.69) is 18.8 Å². The highest BCUT2D eigenvalue weighted by Gasteiger charge is 2.33. The number of nitrogens with zero attached hydrogens (tertiary/aromatic N) is 2. The van der Waals surface area contributed by atoms with Crippen LogP contribution in [0.3, 0.4) is 0 Å². The van der Waals surface area contributed by atoms with Crippen LogP contribution in [-0.4, -0.2) is 20.8 Å². The van der Waals surface area contributed by atoms with Gasteiger partial charge in [0.25, 0.3) is 5.56 Å². The number of rotatable bonds is 2. The van der Waals surface area contributed by atoms with Gasteiger partial charge in [-0.2, -0.15) is 0 Å². The molecule has 1 aromatic heterocycles. The minimum Gasteiger partial charge on any atom is -0.393 e. The molecule has 1 aliphatic rings. The Morgan fingerprint density at radius 1 is 1.47 bits per heavy atom. The number of hydrogen-bond acceptors (Lipinski definition) is 3. The van der Waals surface area contributed by atoms with Crippen molar-refractivity contribution < 1.29 is 5.11 Å². The predicted octanol–water partition coefficient (Wildman–Crippen LogP) is 1.60. The summed E-state index contributed by atoms with van der Waals surface area (Å²) in [5.74, 6) is 0.958. The van der Waals surface area contributed by atoms with Crippen LogP contribution in [0.1, 0.15) is 39.2 Å². The summed E-state index contributed by atoms with van der Waals surface area (Å²) >= 11 is 0. The Kier molecular flexibility index (Phi) is 3.62. The van der Waals surface area contributed by atoms with Gasteiger partial charge in [-0.25, -0.2) is 4.98 Å². The maximum Gasteiger partial charge on any atom is 0.253 e. The molecule has 0 radical (unpaired) electrons. The van der Waals surface area contributed by atoms with Crippen molar-refractivity contribution in [1.82, 2.24) is 9.55 Å². The van der Waals surface area contributed by atoms with Crippen molar-refractivity contribution in [3.05, 3.63) is 28.9 Å². The highest BCUT2D eigenvalue weighted by Crippen LogP contribution is 2.37. The third-order valence-corrected chi connectivity index (χ3v) is 3.80. The smallest absolute Gasteiger partial charge is 0.253 e. The average Bonchev–Trinajstić information content (AvgIpc) is 2.29. The van der Waals surface area contributed by atoms with E-state index in [9.17, 15) is 9.90 Å². The van der Waals surface area contributed by atoms with E-state index < -0.39 is 0 Å². The molecule has 3 atom stereocenters. The number of aliphatic hydroxyl groups is 1. The maximum atomic E-state index is 11.8. The Hall–Kier alpha value is -1.16. The minimum atomic E-state index is -0.290. The molecule has 0 bridgehead atoms. The van der Waals surface area contributed by atoms with Crippen LogP contribution in [0.25, 0.3) is 0 Å². The zero-order valence-corrected chi connectivity index (χ0v) is 10.4. The van der Waals surface area contributed by atoms with Crippen LogP contribution >= 0.6 is 0 Å². The molecule has 0 aromatic carbocycles. The molecule has 0 saturated heterocycles. The highest BCUT2D eigenvalue weighted by atomic mass is 16.3. The van der Waals surface area contributed by atoms with Crippen LogP contribution in [0.2, 0.25) is 0 Å².